The van der Waals surface area contributed by atoms with Crippen molar-refractivity contribution in [2.75, 3.05) is 36.5 Å². The monoisotopic (exact) mass is 424 g/mol. The second-order valence-corrected chi connectivity index (χ2v) is 7.01. The minimum absolute atomic E-state index is 0. The molecule has 1 saturated heterocycles. The fourth-order valence-electron chi connectivity index (χ4n) is 3.31. The van der Waals surface area contributed by atoms with E-state index >= 15 is 0 Å². The smallest absolute Gasteiger partial charge is 0.224 e. The maximum absolute atomic E-state index is 12.4. The van der Waals surface area contributed by atoms with Gasteiger partial charge in [0.25, 0.3) is 0 Å². The fraction of sp³-hybridized carbons (Fsp3) is 0.381. The van der Waals surface area contributed by atoms with Gasteiger partial charge in [0.05, 0.1) is 11.4 Å². The molecule has 5 nitrogen and oxygen atoms in total. The zero-order valence-electron chi connectivity index (χ0n) is 16.2. The van der Waals surface area contributed by atoms with Crippen LogP contribution in [0, 0.1) is 0 Å². The van der Waals surface area contributed by atoms with E-state index in [1.165, 1.54) is 0 Å². The van der Waals surface area contributed by atoms with Crippen LogP contribution >= 0.6 is 24.8 Å². The van der Waals surface area contributed by atoms with Crippen LogP contribution in [0.3, 0.4) is 0 Å². The lowest BCUT2D eigenvalue weighted by atomic mass is 10.0. The molecular weight excluding hydrogens is 395 g/mol. The second-order valence-electron chi connectivity index (χ2n) is 7.01. The van der Waals surface area contributed by atoms with Crippen LogP contribution < -0.4 is 16.4 Å². The molecule has 154 valence electrons. The maximum atomic E-state index is 12.4. The minimum Gasteiger partial charge on any atom is -0.399 e. The molecule has 7 heteroatoms. The van der Waals surface area contributed by atoms with Gasteiger partial charge in [-0.25, -0.2) is 0 Å². The van der Waals surface area contributed by atoms with E-state index in [0.29, 0.717) is 18.9 Å². The Labute approximate surface area is 179 Å². The van der Waals surface area contributed by atoms with Crippen LogP contribution in [0.25, 0.3) is 0 Å². The van der Waals surface area contributed by atoms with Gasteiger partial charge in [-0.3, -0.25) is 4.79 Å². The summed E-state index contributed by atoms with van der Waals surface area (Å²) in [5, 5.41) is 6.64. The summed E-state index contributed by atoms with van der Waals surface area (Å²) in [5.41, 5.74) is 9.55. The van der Waals surface area contributed by atoms with E-state index in [-0.39, 0.29) is 30.7 Å². The van der Waals surface area contributed by atoms with Gasteiger partial charge in [-0.1, -0.05) is 30.3 Å². The molecule has 0 aromatic heterocycles. The molecule has 2 aromatic rings. The van der Waals surface area contributed by atoms with Gasteiger partial charge in [-0.15, -0.1) is 24.8 Å². The highest BCUT2D eigenvalue weighted by Gasteiger charge is 2.17. The molecule has 28 heavy (non-hydrogen) atoms. The number of benzene rings is 2. The number of nitrogen functional groups attached to an aromatic ring is 1. The van der Waals surface area contributed by atoms with E-state index in [2.05, 4.69) is 22.6 Å². The zero-order chi connectivity index (χ0) is 18.4. The molecule has 1 aliphatic rings. The lowest BCUT2D eigenvalue weighted by Gasteiger charge is -2.30. The Morgan fingerprint density at radius 1 is 1.04 bits per heavy atom. The first kappa shape index (κ1) is 24.1. The SMILES string of the molecule is CN1CCC(Nc2ccccc2NC(=O)CCc2ccccc2N)CC1.Cl.Cl. The number of hydrogen-bond acceptors (Lipinski definition) is 4. The molecular formula is C21H30Cl2N4O. The summed E-state index contributed by atoms with van der Waals surface area (Å²) >= 11 is 0. The zero-order valence-corrected chi connectivity index (χ0v) is 17.8. The van der Waals surface area contributed by atoms with Crippen molar-refractivity contribution in [2.45, 2.75) is 31.7 Å². The number of carbonyl (C=O) groups is 1. The molecule has 0 atom stereocenters. The second kappa shape index (κ2) is 11.8. The lowest BCUT2D eigenvalue weighted by Crippen LogP contribution is -2.36. The van der Waals surface area contributed by atoms with E-state index in [9.17, 15) is 4.79 Å². The van der Waals surface area contributed by atoms with Crippen LogP contribution in [0.5, 0.6) is 0 Å². The topological polar surface area (TPSA) is 70.4 Å². The van der Waals surface area contributed by atoms with Crippen LogP contribution in [0.15, 0.2) is 48.5 Å². The molecule has 1 aliphatic heterocycles. The Kier molecular flexibility index (Phi) is 10.1. The summed E-state index contributed by atoms with van der Waals surface area (Å²) < 4.78 is 0. The normalized spacial score (nSPS) is 14.5. The number of aryl methyl sites for hydroxylation is 1. The molecule has 1 amide bonds. The van der Waals surface area contributed by atoms with Crippen molar-refractivity contribution in [2.24, 2.45) is 0 Å². The average molecular weight is 425 g/mol. The maximum Gasteiger partial charge on any atom is 0.224 e. The van der Waals surface area contributed by atoms with Gasteiger partial charge in [0.15, 0.2) is 0 Å². The first-order valence-corrected chi connectivity index (χ1v) is 9.29. The molecule has 0 radical (unpaired) electrons. The summed E-state index contributed by atoms with van der Waals surface area (Å²) in [6, 6.07) is 16.1. The number of amides is 1. The highest BCUT2D eigenvalue weighted by atomic mass is 35.5. The van der Waals surface area contributed by atoms with Gasteiger partial charge in [0.2, 0.25) is 5.91 Å². The molecule has 0 bridgehead atoms. The van der Waals surface area contributed by atoms with E-state index in [1.54, 1.807) is 0 Å². The molecule has 0 unspecified atom stereocenters. The number of carbonyl (C=O) groups excluding carboxylic acids is 1. The molecule has 3 rings (SSSR count). The number of para-hydroxylation sites is 3. The largest absolute Gasteiger partial charge is 0.399 e. The van der Waals surface area contributed by atoms with E-state index in [1.807, 2.05) is 48.5 Å². The average Bonchev–Trinajstić information content (AvgIpc) is 2.64. The molecule has 0 saturated carbocycles. The molecule has 1 heterocycles. The van der Waals surface area contributed by atoms with Gasteiger partial charge in [-0.05, 0) is 63.2 Å². The number of nitrogens with two attached hydrogens (primary N) is 1. The highest BCUT2D eigenvalue weighted by molar-refractivity contribution is 5.94. The molecule has 0 aliphatic carbocycles. The van der Waals surface area contributed by atoms with Gasteiger partial charge in [-0.2, -0.15) is 0 Å². The van der Waals surface area contributed by atoms with E-state index in [4.69, 9.17) is 5.73 Å². The fourth-order valence-corrected chi connectivity index (χ4v) is 3.31. The summed E-state index contributed by atoms with van der Waals surface area (Å²) in [7, 11) is 2.16. The Morgan fingerprint density at radius 2 is 1.64 bits per heavy atom. The third kappa shape index (κ3) is 6.89. The van der Waals surface area contributed by atoms with Crippen LogP contribution in [-0.4, -0.2) is 37.0 Å². The van der Waals surface area contributed by atoms with Crippen LogP contribution in [-0.2, 0) is 11.2 Å². The third-order valence-electron chi connectivity index (χ3n) is 4.96. The van der Waals surface area contributed by atoms with Crippen molar-refractivity contribution in [3.8, 4) is 0 Å². The first-order valence-electron chi connectivity index (χ1n) is 9.29. The number of likely N-dealkylation sites (tertiary alicyclic amines) is 1. The standard InChI is InChI=1S/C21H28N4O.2ClH/c1-25-14-12-17(13-15-25)23-19-8-4-5-9-20(19)24-21(26)11-10-16-6-2-3-7-18(16)22;;/h2-9,17,23H,10-15,22H2,1H3,(H,24,26);2*1H. The molecule has 4 N–H and O–H groups in total. The molecule has 2 aromatic carbocycles. The number of halogens is 2. The van der Waals surface area contributed by atoms with Crippen molar-refractivity contribution in [3.63, 3.8) is 0 Å². The van der Waals surface area contributed by atoms with Crippen molar-refractivity contribution in [1.82, 2.24) is 4.90 Å². The van der Waals surface area contributed by atoms with Crippen molar-refractivity contribution >= 4 is 47.8 Å². The number of rotatable bonds is 6. The number of piperidine rings is 1. The lowest BCUT2D eigenvalue weighted by molar-refractivity contribution is -0.116. The Morgan fingerprint density at radius 3 is 2.32 bits per heavy atom. The Balaban J connectivity index is 0.00000196. The number of nitrogens with one attached hydrogen (secondary N) is 2. The molecule has 1 fully saturated rings. The summed E-state index contributed by atoms with van der Waals surface area (Å²) in [6.45, 7) is 2.20. The first-order chi connectivity index (χ1) is 12.6. The quantitative estimate of drug-likeness (QED) is 0.607. The summed E-state index contributed by atoms with van der Waals surface area (Å²) in [6.07, 6.45) is 3.29. The van der Waals surface area contributed by atoms with Crippen LogP contribution in [0.2, 0.25) is 0 Å². The van der Waals surface area contributed by atoms with Crippen molar-refractivity contribution < 1.29 is 4.79 Å². The summed E-state index contributed by atoms with van der Waals surface area (Å²) in [4.78, 5) is 14.7. The Hall–Kier alpha value is -1.95. The third-order valence-corrected chi connectivity index (χ3v) is 4.96. The van der Waals surface area contributed by atoms with Crippen molar-refractivity contribution in [3.05, 3.63) is 54.1 Å². The van der Waals surface area contributed by atoms with E-state index < -0.39 is 0 Å². The number of anilines is 3. The highest BCUT2D eigenvalue weighted by Crippen LogP contribution is 2.24. The predicted octanol–water partition coefficient (Wildman–Crippen LogP) is 4.19. The predicted molar refractivity (Wildman–Crippen MR) is 123 cm³/mol. The van der Waals surface area contributed by atoms with Gasteiger partial charge in [0.1, 0.15) is 0 Å². The number of nitrogens with zero attached hydrogens (tertiary/aromatic N) is 1. The summed E-state index contributed by atoms with van der Waals surface area (Å²) in [5.74, 6) is 0.00544. The van der Waals surface area contributed by atoms with Gasteiger partial charge < -0.3 is 21.3 Å². The van der Waals surface area contributed by atoms with Crippen molar-refractivity contribution in [1.29, 1.82) is 0 Å². The number of hydrogen-bond donors (Lipinski definition) is 3. The van der Waals surface area contributed by atoms with Crippen LogP contribution in [0.1, 0.15) is 24.8 Å². The van der Waals surface area contributed by atoms with Gasteiger partial charge in [0, 0.05) is 18.2 Å². The Bertz CT molecular complexity index is 749. The van der Waals surface area contributed by atoms with Crippen LogP contribution in [0.4, 0.5) is 17.1 Å². The van der Waals surface area contributed by atoms with Gasteiger partial charge >= 0.3 is 0 Å². The molecule has 0 spiro atoms. The van der Waals surface area contributed by atoms with E-state index in [0.717, 1.165) is 48.6 Å². The minimum atomic E-state index is 0.